The minimum absolute atomic E-state index is 1.05. The van der Waals surface area contributed by atoms with Crippen molar-refractivity contribution in [2.24, 2.45) is 0 Å². The number of hydrogen-bond acceptors (Lipinski definition) is 0. The molecule has 0 amide bonds. The van der Waals surface area contributed by atoms with E-state index in [1.807, 2.05) is 13.0 Å². The second-order valence-electron chi connectivity index (χ2n) is 1.35. The zero-order valence-corrected chi connectivity index (χ0v) is 4.08. The second-order valence-corrected chi connectivity index (χ2v) is 1.35. The molecule has 0 bridgehead atoms. The second kappa shape index (κ2) is 1.54. The highest BCUT2D eigenvalue weighted by molar-refractivity contribution is 5.17. The van der Waals surface area contributed by atoms with Gasteiger partial charge in [0.2, 0.25) is 0 Å². The lowest BCUT2D eigenvalue weighted by atomic mass is 10.3. The summed E-state index contributed by atoms with van der Waals surface area (Å²) in [5, 5.41) is 0. The van der Waals surface area contributed by atoms with Gasteiger partial charge in [0.1, 0.15) is 0 Å². The van der Waals surface area contributed by atoms with Gasteiger partial charge in [0.15, 0.2) is 0 Å². The first-order chi connectivity index (χ1) is 3.39. The normalized spacial score (nSPS) is 12.4. The van der Waals surface area contributed by atoms with E-state index in [2.05, 4.69) is 22.9 Å². The van der Waals surface area contributed by atoms with Gasteiger partial charge in [-0.2, -0.15) is 0 Å². The van der Waals surface area contributed by atoms with Crippen molar-refractivity contribution >= 4 is 0 Å². The fraction of sp³-hybridized carbons (Fsp3) is 0.143. The van der Waals surface area contributed by atoms with Crippen molar-refractivity contribution < 1.29 is 0 Å². The van der Waals surface area contributed by atoms with E-state index in [9.17, 15) is 0 Å². The van der Waals surface area contributed by atoms with Crippen LogP contribution in [0.2, 0.25) is 0 Å². The van der Waals surface area contributed by atoms with Gasteiger partial charge in [-0.25, -0.2) is 0 Å². The predicted molar refractivity (Wildman–Crippen MR) is 27.8 cm³/mol. The van der Waals surface area contributed by atoms with Crippen LogP contribution >= 0.6 is 0 Å². The Morgan fingerprint density at radius 3 is 2.57 bits per heavy atom. The van der Waals surface area contributed by atoms with E-state index < -0.39 is 0 Å². The zero-order valence-electron chi connectivity index (χ0n) is 4.08. The molecule has 7 heavy (non-hydrogen) atoms. The molecule has 0 radical (unpaired) electrons. The standard InChI is InChI=1S/C7H4/c1-7-5-3-2-4-6-7/h5H,1H3. The number of allylic oxidation sites excluding steroid dienone is 2. The molecule has 0 aromatic heterocycles. The van der Waals surface area contributed by atoms with Gasteiger partial charge in [-0.05, 0) is 18.4 Å². The summed E-state index contributed by atoms with van der Waals surface area (Å²) in [6, 6.07) is 0. The molecule has 32 valence electrons. The van der Waals surface area contributed by atoms with Crippen molar-refractivity contribution in [1.29, 1.82) is 0 Å². The summed E-state index contributed by atoms with van der Waals surface area (Å²) in [5.41, 5.74) is 11.9. The third-order valence-electron chi connectivity index (χ3n) is 0.683. The fourth-order valence-corrected chi connectivity index (χ4v) is 0.346. The highest BCUT2D eigenvalue weighted by atomic mass is 13.7. The van der Waals surface area contributed by atoms with Gasteiger partial charge >= 0.3 is 0 Å². The molecule has 0 N–H and O–H groups in total. The topological polar surface area (TPSA) is 0 Å². The molecule has 0 heteroatoms. The zero-order chi connectivity index (χ0) is 5.11. The Hall–Kier alpha value is -1.14. The largest absolute Gasteiger partial charge is 0.0598 e. The van der Waals surface area contributed by atoms with E-state index in [0.717, 1.165) is 5.57 Å². The van der Waals surface area contributed by atoms with E-state index >= 15 is 0 Å². The molecule has 1 aliphatic rings. The van der Waals surface area contributed by atoms with E-state index in [1.54, 1.807) is 0 Å². The van der Waals surface area contributed by atoms with Crippen LogP contribution in [0.1, 0.15) is 6.92 Å². The Kier molecular flexibility index (Phi) is 0.886. The molecule has 0 heterocycles. The van der Waals surface area contributed by atoms with Crippen LogP contribution in [0, 0.1) is 0 Å². The molecule has 1 aliphatic carbocycles. The maximum atomic E-state index is 2.82. The van der Waals surface area contributed by atoms with Gasteiger partial charge in [-0.3, -0.25) is 0 Å². The highest BCUT2D eigenvalue weighted by Crippen LogP contribution is 1.89. The molecule has 0 atom stereocenters. The van der Waals surface area contributed by atoms with Crippen molar-refractivity contribution in [3.05, 3.63) is 34.6 Å². The summed E-state index contributed by atoms with van der Waals surface area (Å²) in [6.07, 6.45) is 1.82. The average Bonchev–Trinajstić information content (AvgIpc) is 1.69. The minimum atomic E-state index is 1.05. The Balaban J connectivity index is 3.45. The Bertz CT molecular complexity index is 231. The van der Waals surface area contributed by atoms with Gasteiger partial charge in [0.05, 0.1) is 0 Å². The van der Waals surface area contributed by atoms with Crippen LogP contribution in [0.4, 0.5) is 0 Å². The third kappa shape index (κ3) is 0.845. The van der Waals surface area contributed by atoms with Crippen LogP contribution in [0.15, 0.2) is 34.6 Å². The van der Waals surface area contributed by atoms with Crippen molar-refractivity contribution in [1.82, 2.24) is 0 Å². The molecule has 0 saturated carbocycles. The van der Waals surface area contributed by atoms with Crippen LogP contribution in [0.25, 0.3) is 0 Å². The van der Waals surface area contributed by atoms with E-state index in [1.165, 1.54) is 0 Å². The van der Waals surface area contributed by atoms with Crippen molar-refractivity contribution in [2.45, 2.75) is 6.92 Å². The van der Waals surface area contributed by atoms with Gasteiger partial charge in [0, 0.05) is 11.6 Å². The van der Waals surface area contributed by atoms with E-state index in [-0.39, 0.29) is 0 Å². The van der Waals surface area contributed by atoms with Gasteiger partial charge in [-0.1, -0.05) is 11.5 Å². The molecular formula is C7H4. The molecule has 0 nitrogen and oxygen atoms in total. The molecule has 0 fully saturated rings. The molecule has 0 unspecified atom stereocenters. The molecule has 0 aromatic rings. The lowest BCUT2D eigenvalue weighted by Crippen LogP contribution is -1.58. The smallest absolute Gasteiger partial charge is 0.00832 e. The maximum Gasteiger partial charge on any atom is 0.00832 e. The minimum Gasteiger partial charge on any atom is -0.0598 e. The summed E-state index contributed by atoms with van der Waals surface area (Å²) >= 11 is 0. The SMILES string of the molecule is CC1=C=C=C=C=C1. The first kappa shape index (κ1) is 4.03. The lowest BCUT2D eigenvalue weighted by Gasteiger charge is -1.74. The van der Waals surface area contributed by atoms with Crippen LogP contribution in [-0.4, -0.2) is 0 Å². The van der Waals surface area contributed by atoms with Crippen LogP contribution in [0.5, 0.6) is 0 Å². The van der Waals surface area contributed by atoms with Crippen LogP contribution in [0.3, 0.4) is 0 Å². The van der Waals surface area contributed by atoms with E-state index in [4.69, 9.17) is 0 Å². The lowest BCUT2D eigenvalue weighted by molar-refractivity contribution is 1.55. The molecule has 1 rings (SSSR count). The third-order valence-corrected chi connectivity index (χ3v) is 0.683. The van der Waals surface area contributed by atoms with Gasteiger partial charge < -0.3 is 0 Å². The highest BCUT2D eigenvalue weighted by Gasteiger charge is 1.72. The van der Waals surface area contributed by atoms with E-state index in [0.29, 0.717) is 0 Å². The predicted octanol–water partition coefficient (Wildman–Crippen LogP) is 1.57. The Labute approximate surface area is 42.5 Å². The molecule has 0 spiro atoms. The quantitative estimate of drug-likeness (QED) is 0.394. The van der Waals surface area contributed by atoms with Crippen LogP contribution in [-0.2, 0) is 0 Å². The Morgan fingerprint density at radius 1 is 1.43 bits per heavy atom. The monoisotopic (exact) mass is 88.0 g/mol. The van der Waals surface area contributed by atoms with Crippen molar-refractivity contribution in [3.63, 3.8) is 0 Å². The summed E-state index contributed by atoms with van der Waals surface area (Å²) < 4.78 is 0. The average molecular weight is 88.1 g/mol. The summed E-state index contributed by atoms with van der Waals surface area (Å²) in [5.74, 6) is 0. The summed E-state index contributed by atoms with van der Waals surface area (Å²) in [6.45, 7) is 1.95. The Morgan fingerprint density at radius 2 is 2.29 bits per heavy atom. The summed E-state index contributed by atoms with van der Waals surface area (Å²) in [7, 11) is 0. The van der Waals surface area contributed by atoms with Gasteiger partial charge in [0.25, 0.3) is 0 Å². The van der Waals surface area contributed by atoms with Crippen molar-refractivity contribution in [3.8, 4) is 0 Å². The molecular weight excluding hydrogens is 84.1 g/mol. The summed E-state index contributed by atoms with van der Waals surface area (Å²) in [4.78, 5) is 0. The number of rotatable bonds is 0. The maximum absolute atomic E-state index is 2.82. The number of hydrogen-bond donors (Lipinski definition) is 0. The molecule has 0 saturated heterocycles. The first-order valence-corrected chi connectivity index (χ1v) is 2.08. The van der Waals surface area contributed by atoms with Crippen molar-refractivity contribution in [2.75, 3.05) is 0 Å². The van der Waals surface area contributed by atoms with Crippen LogP contribution < -0.4 is 0 Å². The molecule has 0 aliphatic heterocycles. The first-order valence-electron chi connectivity index (χ1n) is 2.08. The fourth-order valence-electron chi connectivity index (χ4n) is 0.346. The molecule has 0 aromatic carbocycles. The van der Waals surface area contributed by atoms with Gasteiger partial charge in [-0.15, -0.1) is 0 Å².